The van der Waals surface area contributed by atoms with Gasteiger partial charge in [-0.1, -0.05) is 11.8 Å². The van der Waals surface area contributed by atoms with Gasteiger partial charge in [-0.05, 0) is 37.8 Å². The van der Waals surface area contributed by atoms with Gasteiger partial charge in [0.15, 0.2) is 0 Å². The van der Waals surface area contributed by atoms with Crippen LogP contribution < -0.4 is 10.6 Å². The van der Waals surface area contributed by atoms with Crippen molar-refractivity contribution in [2.45, 2.75) is 26.2 Å². The molecule has 0 aromatic carbocycles. The average Bonchev–Trinajstić information content (AvgIpc) is 2.62. The van der Waals surface area contributed by atoms with Crippen LogP contribution >= 0.6 is 0 Å². The number of carbonyl (C=O) groups is 1. The number of nitrogens with two attached hydrogens (primary N) is 1. The maximum absolute atomic E-state index is 10.9. The average molecular weight is 351 g/mol. The molecule has 3 N–H and O–H groups in total. The molecule has 0 atom stereocenters. The van der Waals surface area contributed by atoms with Crippen LogP contribution in [0, 0.1) is 24.7 Å². The number of carboxylic acid groups (broad SMARTS) is 1. The molecule has 3 rings (SSSR count). The lowest BCUT2D eigenvalue weighted by atomic mass is 9.93. The molecule has 2 aromatic heterocycles. The van der Waals surface area contributed by atoms with E-state index in [-0.39, 0.29) is 12.3 Å². The Hall–Kier alpha value is -3.14. The van der Waals surface area contributed by atoms with Crippen LogP contribution in [0.4, 0.5) is 11.6 Å². The van der Waals surface area contributed by atoms with Crippen LogP contribution in [0.15, 0.2) is 24.7 Å². The number of rotatable bonds is 3. The van der Waals surface area contributed by atoms with E-state index in [1.54, 1.807) is 18.6 Å². The predicted molar refractivity (Wildman–Crippen MR) is 98.6 cm³/mol. The van der Waals surface area contributed by atoms with Crippen LogP contribution in [0.5, 0.6) is 0 Å². The van der Waals surface area contributed by atoms with Crippen molar-refractivity contribution in [1.29, 1.82) is 0 Å². The number of piperidine rings is 1. The molecule has 1 aliphatic heterocycles. The molecule has 1 saturated heterocycles. The summed E-state index contributed by atoms with van der Waals surface area (Å²) < 4.78 is 0. The van der Waals surface area contributed by atoms with Crippen molar-refractivity contribution in [2.24, 2.45) is 5.92 Å². The quantitative estimate of drug-likeness (QED) is 0.813. The fraction of sp³-hybridized carbons (Fsp3) is 0.368. The van der Waals surface area contributed by atoms with E-state index in [1.165, 1.54) is 0 Å². The first-order valence-corrected chi connectivity index (χ1v) is 8.55. The van der Waals surface area contributed by atoms with Crippen LogP contribution in [0.3, 0.4) is 0 Å². The highest BCUT2D eigenvalue weighted by Gasteiger charge is 2.24. The van der Waals surface area contributed by atoms with E-state index in [2.05, 4.69) is 31.7 Å². The number of pyridine rings is 1. The van der Waals surface area contributed by atoms with Crippen LogP contribution in [0.1, 0.15) is 36.1 Å². The molecular formula is C19H21N5O2. The van der Waals surface area contributed by atoms with E-state index in [0.29, 0.717) is 5.82 Å². The molecule has 0 aliphatic carbocycles. The molecule has 0 bridgehead atoms. The zero-order valence-electron chi connectivity index (χ0n) is 14.6. The van der Waals surface area contributed by atoms with Gasteiger partial charge in [0, 0.05) is 31.3 Å². The zero-order valence-corrected chi connectivity index (χ0v) is 14.6. The zero-order chi connectivity index (χ0) is 18.5. The van der Waals surface area contributed by atoms with Gasteiger partial charge in [-0.2, -0.15) is 0 Å². The Bertz CT molecular complexity index is 846. The molecule has 134 valence electrons. The number of hydrogen-bond acceptors (Lipinski definition) is 6. The van der Waals surface area contributed by atoms with Crippen LogP contribution in [0.2, 0.25) is 0 Å². The van der Waals surface area contributed by atoms with Crippen molar-refractivity contribution in [3.8, 4) is 11.8 Å². The van der Waals surface area contributed by atoms with Gasteiger partial charge in [0.1, 0.15) is 18.0 Å². The molecular weight excluding hydrogens is 330 g/mol. The summed E-state index contributed by atoms with van der Waals surface area (Å²) >= 11 is 0. The second-order valence-corrected chi connectivity index (χ2v) is 6.41. The second kappa shape index (κ2) is 7.83. The topological polar surface area (TPSA) is 105 Å². The van der Waals surface area contributed by atoms with Gasteiger partial charge in [0.05, 0.1) is 11.3 Å². The smallest absolute Gasteiger partial charge is 0.303 e. The molecule has 0 radical (unpaired) electrons. The van der Waals surface area contributed by atoms with Crippen molar-refractivity contribution in [1.82, 2.24) is 15.0 Å². The first kappa shape index (κ1) is 17.7. The maximum atomic E-state index is 10.9. The van der Waals surface area contributed by atoms with Crippen molar-refractivity contribution in [3.63, 3.8) is 0 Å². The van der Waals surface area contributed by atoms with Crippen molar-refractivity contribution in [3.05, 3.63) is 41.5 Å². The summed E-state index contributed by atoms with van der Waals surface area (Å²) in [5.41, 5.74) is 7.98. The number of carboxylic acids is 1. The molecule has 1 aliphatic rings. The number of aromatic nitrogens is 3. The lowest BCUT2D eigenvalue weighted by Crippen LogP contribution is -2.35. The minimum atomic E-state index is -0.731. The fourth-order valence-corrected chi connectivity index (χ4v) is 3.06. The molecule has 0 saturated carbocycles. The van der Waals surface area contributed by atoms with Gasteiger partial charge < -0.3 is 15.7 Å². The van der Waals surface area contributed by atoms with Gasteiger partial charge in [-0.3, -0.25) is 4.79 Å². The molecule has 26 heavy (non-hydrogen) atoms. The number of nitrogens with zero attached hydrogens (tertiary/aromatic N) is 4. The molecule has 2 aromatic rings. The second-order valence-electron chi connectivity index (χ2n) is 6.41. The largest absolute Gasteiger partial charge is 0.481 e. The van der Waals surface area contributed by atoms with Crippen molar-refractivity contribution >= 4 is 17.6 Å². The summed E-state index contributed by atoms with van der Waals surface area (Å²) in [5.74, 6) is 7.02. The fourth-order valence-electron chi connectivity index (χ4n) is 3.06. The Kier molecular flexibility index (Phi) is 5.32. The van der Waals surface area contributed by atoms with Gasteiger partial charge in [-0.25, -0.2) is 15.0 Å². The monoisotopic (exact) mass is 351 g/mol. The first-order valence-electron chi connectivity index (χ1n) is 8.55. The van der Waals surface area contributed by atoms with Crippen molar-refractivity contribution in [2.75, 3.05) is 23.7 Å². The van der Waals surface area contributed by atoms with Gasteiger partial charge in [-0.15, -0.1) is 0 Å². The Morgan fingerprint density at radius 3 is 2.69 bits per heavy atom. The molecule has 7 nitrogen and oxygen atoms in total. The van der Waals surface area contributed by atoms with Gasteiger partial charge in [0.25, 0.3) is 0 Å². The third kappa shape index (κ3) is 4.28. The Balaban J connectivity index is 1.80. The Morgan fingerprint density at radius 1 is 1.27 bits per heavy atom. The summed E-state index contributed by atoms with van der Waals surface area (Å²) in [7, 11) is 0. The van der Waals surface area contributed by atoms with E-state index >= 15 is 0 Å². The number of hydrogen-bond donors (Lipinski definition) is 2. The minimum absolute atomic E-state index is 0.224. The molecule has 0 unspecified atom stereocenters. The molecule has 0 amide bonds. The standard InChI is InChI=1S/C19H21N5O2/c1-13-16(4-2-15-3-5-17(20)21-11-15)19(23-12-22-13)24-8-6-14(7-9-24)10-18(25)26/h3,5,11-12,14H,6-10H2,1H3,(H2,20,21)(H,25,26). The summed E-state index contributed by atoms with van der Waals surface area (Å²) in [6.45, 7) is 3.45. The van der Waals surface area contributed by atoms with E-state index in [4.69, 9.17) is 10.8 Å². The maximum Gasteiger partial charge on any atom is 0.303 e. The number of aryl methyl sites for hydroxylation is 1. The van der Waals surface area contributed by atoms with E-state index in [9.17, 15) is 4.79 Å². The summed E-state index contributed by atoms with van der Waals surface area (Å²) in [4.78, 5) is 25.8. The molecule has 7 heteroatoms. The normalized spacial score (nSPS) is 14.6. The summed E-state index contributed by atoms with van der Waals surface area (Å²) in [5, 5.41) is 8.96. The number of aliphatic carboxylic acids is 1. The van der Waals surface area contributed by atoms with Crippen LogP contribution in [0.25, 0.3) is 0 Å². The third-order valence-corrected chi connectivity index (χ3v) is 4.51. The predicted octanol–water partition coefficient (Wildman–Crippen LogP) is 1.85. The molecule has 0 spiro atoms. The van der Waals surface area contributed by atoms with E-state index in [0.717, 1.165) is 48.6 Å². The third-order valence-electron chi connectivity index (χ3n) is 4.51. The lowest BCUT2D eigenvalue weighted by Gasteiger charge is -2.32. The van der Waals surface area contributed by atoms with Gasteiger partial charge >= 0.3 is 5.97 Å². The highest BCUT2D eigenvalue weighted by atomic mass is 16.4. The highest BCUT2D eigenvalue weighted by molar-refractivity contribution is 5.67. The highest BCUT2D eigenvalue weighted by Crippen LogP contribution is 2.26. The van der Waals surface area contributed by atoms with Crippen LogP contribution in [-0.2, 0) is 4.79 Å². The first-order chi connectivity index (χ1) is 12.5. The summed E-state index contributed by atoms with van der Waals surface area (Å²) in [6.07, 6.45) is 5.09. The van der Waals surface area contributed by atoms with Gasteiger partial charge in [0.2, 0.25) is 0 Å². The Morgan fingerprint density at radius 2 is 2.04 bits per heavy atom. The van der Waals surface area contributed by atoms with E-state index in [1.807, 2.05) is 13.0 Å². The number of anilines is 2. The lowest BCUT2D eigenvalue weighted by molar-refractivity contribution is -0.138. The number of nitrogen functional groups attached to an aromatic ring is 1. The SMILES string of the molecule is Cc1ncnc(N2CCC(CC(=O)O)CC2)c1C#Cc1ccc(N)nc1. The van der Waals surface area contributed by atoms with Crippen molar-refractivity contribution < 1.29 is 9.90 Å². The Labute approximate surface area is 152 Å². The summed E-state index contributed by atoms with van der Waals surface area (Å²) in [6, 6.07) is 3.54. The molecule has 3 heterocycles. The molecule has 1 fully saturated rings. The van der Waals surface area contributed by atoms with E-state index < -0.39 is 5.97 Å². The minimum Gasteiger partial charge on any atom is -0.481 e. The van der Waals surface area contributed by atoms with Crippen LogP contribution in [-0.4, -0.2) is 39.1 Å².